The highest BCUT2D eigenvalue weighted by Crippen LogP contribution is 2.27. The van der Waals surface area contributed by atoms with E-state index in [1.54, 1.807) is 0 Å². The van der Waals surface area contributed by atoms with Crippen LogP contribution in [0.15, 0.2) is 21.9 Å². The first-order valence-corrected chi connectivity index (χ1v) is 8.52. The largest absolute Gasteiger partial charge is 0.480 e. The van der Waals surface area contributed by atoms with Gasteiger partial charge in [-0.1, -0.05) is 19.9 Å². The number of hydrogen-bond donors (Lipinski definition) is 4. The van der Waals surface area contributed by atoms with Gasteiger partial charge in [0.05, 0.1) is 11.0 Å². The molecule has 2 aromatic rings. The number of aliphatic hydroxyl groups excluding tert-OH is 1. The molecule has 0 bridgehead atoms. The Kier molecular flexibility index (Phi) is 6.10. The fourth-order valence-electron chi connectivity index (χ4n) is 2.09. The summed E-state index contributed by atoms with van der Waals surface area (Å²) < 4.78 is 5.63. The van der Waals surface area contributed by atoms with Crippen molar-refractivity contribution in [1.29, 1.82) is 0 Å². The van der Waals surface area contributed by atoms with Crippen molar-refractivity contribution in [2.45, 2.75) is 39.0 Å². The number of aliphatic carboxylic acids is 1. The van der Waals surface area contributed by atoms with E-state index in [2.05, 4.69) is 20.8 Å². The zero-order valence-corrected chi connectivity index (χ0v) is 14.8. The molecule has 2 heterocycles. The highest BCUT2D eigenvalue weighted by atomic mass is 32.1. The van der Waals surface area contributed by atoms with Gasteiger partial charge in [-0.2, -0.15) is 0 Å². The van der Waals surface area contributed by atoms with Crippen LogP contribution in [0, 0.1) is 5.92 Å². The van der Waals surface area contributed by atoms with Crippen LogP contribution in [-0.4, -0.2) is 44.6 Å². The van der Waals surface area contributed by atoms with Crippen molar-refractivity contribution in [3.63, 3.8) is 0 Å². The van der Waals surface area contributed by atoms with E-state index in [4.69, 9.17) is 9.52 Å². The molecular weight excluding hydrogens is 348 g/mol. The van der Waals surface area contributed by atoms with Gasteiger partial charge >= 0.3 is 12.0 Å². The van der Waals surface area contributed by atoms with Crippen LogP contribution in [0.5, 0.6) is 0 Å². The first-order chi connectivity index (χ1) is 11.8. The first kappa shape index (κ1) is 18.9. The van der Waals surface area contributed by atoms with E-state index >= 15 is 0 Å². The van der Waals surface area contributed by atoms with Crippen LogP contribution in [0.4, 0.5) is 4.79 Å². The summed E-state index contributed by atoms with van der Waals surface area (Å²) in [7, 11) is 0. The van der Waals surface area contributed by atoms with Crippen molar-refractivity contribution in [3.8, 4) is 10.8 Å². The third-order valence-corrected chi connectivity index (χ3v) is 4.28. The lowest BCUT2D eigenvalue weighted by atomic mass is 10.0. The van der Waals surface area contributed by atoms with Crippen molar-refractivity contribution in [2.24, 2.45) is 5.92 Å². The molecule has 0 aliphatic rings. The number of carboxylic acid groups (broad SMARTS) is 1. The average Bonchev–Trinajstić information content (AvgIpc) is 3.19. The molecule has 2 rings (SSSR count). The standard InChI is InChI=1S/C15H20N4O5S/c1-7(2)10(16-15(23)17-11(8(3)20)14(21)22)13-19-18-12(24-13)9-5-4-6-25-9/h4-8,10-11,20H,1-3H3,(H,21,22)(H2,16,17,23). The Bertz CT molecular complexity index is 713. The number of rotatable bonds is 7. The van der Waals surface area contributed by atoms with E-state index in [-0.39, 0.29) is 11.8 Å². The highest BCUT2D eigenvalue weighted by Gasteiger charge is 2.29. The normalized spacial score (nSPS) is 14.8. The highest BCUT2D eigenvalue weighted by molar-refractivity contribution is 7.13. The lowest BCUT2D eigenvalue weighted by molar-refractivity contribution is -0.141. The summed E-state index contributed by atoms with van der Waals surface area (Å²) in [6.45, 7) is 4.98. The minimum absolute atomic E-state index is 0.0859. The number of nitrogens with one attached hydrogen (secondary N) is 2. The average molecular weight is 368 g/mol. The Hall–Kier alpha value is -2.46. The third-order valence-electron chi connectivity index (χ3n) is 3.43. The monoisotopic (exact) mass is 368 g/mol. The number of thiophene rings is 1. The second kappa shape index (κ2) is 8.08. The Morgan fingerprint density at radius 2 is 1.96 bits per heavy atom. The molecule has 3 atom stereocenters. The van der Waals surface area contributed by atoms with Gasteiger partial charge in [0.2, 0.25) is 5.89 Å². The smallest absolute Gasteiger partial charge is 0.328 e. The molecule has 10 heteroatoms. The van der Waals surface area contributed by atoms with Gasteiger partial charge in [-0.05, 0) is 24.3 Å². The molecule has 2 aromatic heterocycles. The van der Waals surface area contributed by atoms with Crippen LogP contribution in [0.2, 0.25) is 0 Å². The minimum atomic E-state index is -1.42. The second-order valence-electron chi connectivity index (χ2n) is 5.82. The predicted molar refractivity (Wildman–Crippen MR) is 90.0 cm³/mol. The number of urea groups is 1. The number of aliphatic hydroxyl groups is 1. The molecule has 4 N–H and O–H groups in total. The van der Waals surface area contributed by atoms with Crippen LogP contribution >= 0.6 is 11.3 Å². The summed E-state index contributed by atoms with van der Waals surface area (Å²) in [4.78, 5) is 24.0. The van der Waals surface area contributed by atoms with Gasteiger partial charge in [-0.25, -0.2) is 9.59 Å². The van der Waals surface area contributed by atoms with Crippen molar-refractivity contribution >= 4 is 23.3 Å². The lowest BCUT2D eigenvalue weighted by Crippen LogP contribution is -2.52. The topological polar surface area (TPSA) is 138 Å². The van der Waals surface area contributed by atoms with Crippen molar-refractivity contribution in [1.82, 2.24) is 20.8 Å². The maximum atomic E-state index is 12.1. The van der Waals surface area contributed by atoms with Crippen LogP contribution in [0.3, 0.4) is 0 Å². The van der Waals surface area contributed by atoms with E-state index < -0.39 is 30.2 Å². The molecule has 0 aromatic carbocycles. The second-order valence-corrected chi connectivity index (χ2v) is 6.77. The molecule has 3 unspecified atom stereocenters. The summed E-state index contributed by atoms with van der Waals surface area (Å²) in [5, 5.41) is 33.1. The van der Waals surface area contributed by atoms with E-state index in [1.165, 1.54) is 18.3 Å². The summed E-state index contributed by atoms with van der Waals surface area (Å²) >= 11 is 1.45. The summed E-state index contributed by atoms with van der Waals surface area (Å²) in [5.74, 6) is -0.844. The summed E-state index contributed by atoms with van der Waals surface area (Å²) in [5.41, 5.74) is 0. The van der Waals surface area contributed by atoms with Gasteiger partial charge in [0, 0.05) is 0 Å². The zero-order chi connectivity index (χ0) is 18.6. The summed E-state index contributed by atoms with van der Waals surface area (Å²) in [6.07, 6.45) is -1.24. The molecule has 25 heavy (non-hydrogen) atoms. The van der Waals surface area contributed by atoms with Gasteiger partial charge in [-0.15, -0.1) is 21.5 Å². The minimum Gasteiger partial charge on any atom is -0.480 e. The van der Waals surface area contributed by atoms with Crippen LogP contribution in [-0.2, 0) is 4.79 Å². The SMILES string of the molecule is CC(C)C(NC(=O)NC(C(=O)O)C(C)O)c1nnc(-c2cccs2)o1. The number of aromatic nitrogens is 2. The Balaban J connectivity index is 2.11. The van der Waals surface area contributed by atoms with E-state index in [9.17, 15) is 14.7 Å². The molecule has 0 saturated carbocycles. The molecule has 0 radical (unpaired) electrons. The lowest BCUT2D eigenvalue weighted by Gasteiger charge is -2.22. The van der Waals surface area contributed by atoms with Crippen LogP contribution in [0.25, 0.3) is 10.8 Å². The van der Waals surface area contributed by atoms with E-state index in [0.717, 1.165) is 4.88 Å². The quantitative estimate of drug-likeness (QED) is 0.583. The first-order valence-electron chi connectivity index (χ1n) is 7.64. The van der Waals surface area contributed by atoms with E-state index in [1.807, 2.05) is 31.4 Å². The maximum Gasteiger partial charge on any atom is 0.328 e. The summed E-state index contributed by atoms with van der Waals surface area (Å²) in [6, 6.07) is 0.925. The molecule has 0 saturated heterocycles. The third kappa shape index (κ3) is 4.77. The van der Waals surface area contributed by atoms with E-state index in [0.29, 0.717) is 5.89 Å². The molecule has 0 aliphatic heterocycles. The molecule has 0 fully saturated rings. The van der Waals surface area contributed by atoms with Gasteiger partial charge < -0.3 is 25.3 Å². The number of nitrogens with zero attached hydrogens (tertiary/aromatic N) is 2. The maximum absolute atomic E-state index is 12.1. The Morgan fingerprint density at radius 3 is 2.48 bits per heavy atom. The molecule has 9 nitrogen and oxygen atoms in total. The molecule has 136 valence electrons. The number of amides is 2. The Morgan fingerprint density at radius 1 is 1.24 bits per heavy atom. The number of carboxylic acids is 1. The van der Waals surface area contributed by atoms with Crippen molar-refractivity contribution in [2.75, 3.05) is 0 Å². The molecule has 2 amide bonds. The van der Waals surface area contributed by atoms with Gasteiger partial charge in [0.1, 0.15) is 6.04 Å². The molecule has 0 aliphatic carbocycles. The number of hydrogen-bond acceptors (Lipinski definition) is 7. The van der Waals surface area contributed by atoms with Crippen molar-refractivity contribution < 1.29 is 24.2 Å². The zero-order valence-electron chi connectivity index (χ0n) is 14.0. The number of carbonyl (C=O) groups excluding carboxylic acids is 1. The fourth-order valence-corrected chi connectivity index (χ4v) is 2.73. The Labute approximate surface area is 148 Å². The van der Waals surface area contributed by atoms with Gasteiger partial charge in [0.15, 0.2) is 6.04 Å². The molecule has 0 spiro atoms. The predicted octanol–water partition coefficient (Wildman–Crippen LogP) is 1.63. The number of carbonyl (C=O) groups is 2. The van der Waals surface area contributed by atoms with Gasteiger partial charge in [0.25, 0.3) is 5.89 Å². The van der Waals surface area contributed by atoms with Crippen LogP contribution < -0.4 is 10.6 Å². The van der Waals surface area contributed by atoms with Crippen LogP contribution in [0.1, 0.15) is 32.7 Å². The molecular formula is C15H20N4O5S. The van der Waals surface area contributed by atoms with Gasteiger partial charge in [-0.3, -0.25) is 0 Å². The fraction of sp³-hybridized carbons (Fsp3) is 0.467. The van der Waals surface area contributed by atoms with Crippen molar-refractivity contribution in [3.05, 3.63) is 23.4 Å².